The Kier molecular flexibility index (Phi) is 5.60. The lowest BCUT2D eigenvalue weighted by atomic mass is 9.98. The average Bonchev–Trinajstić information content (AvgIpc) is 2.54. The van der Waals surface area contributed by atoms with Crippen LogP contribution < -0.4 is 11.1 Å². The van der Waals surface area contributed by atoms with Crippen LogP contribution in [0.2, 0.25) is 0 Å². The number of nitrogens with two attached hydrogens (primary N) is 1. The number of aliphatic carboxylic acids is 1. The van der Waals surface area contributed by atoms with Crippen LogP contribution in [0.15, 0.2) is 58.0 Å². The van der Waals surface area contributed by atoms with Crippen molar-refractivity contribution in [1.29, 1.82) is 0 Å². The number of amidine groups is 1. The van der Waals surface area contributed by atoms with Gasteiger partial charge in [0.05, 0.1) is 0 Å². The maximum Gasteiger partial charge on any atom is 0.490 e. The summed E-state index contributed by atoms with van der Waals surface area (Å²) in [6, 6.07) is 16.0. The molecule has 0 aliphatic carbocycles. The standard InChI is InChI=1S/C15H14BrN3.C2HF3O2/c1-15(10-5-4-6-11(16)9-10)18-13-8-3-2-7-12(13)14(17)19-15;3-2(4,5)1(6)7/h2-9,18H,1H3,(H2,17,19);(H,6,7). The second-order valence-corrected chi connectivity index (χ2v) is 6.47. The molecule has 9 heteroatoms. The van der Waals surface area contributed by atoms with Crippen molar-refractivity contribution in [2.24, 2.45) is 10.7 Å². The largest absolute Gasteiger partial charge is 0.490 e. The normalized spacial score (nSPS) is 18.6. The van der Waals surface area contributed by atoms with E-state index in [0.29, 0.717) is 5.84 Å². The van der Waals surface area contributed by atoms with Crippen molar-refractivity contribution in [3.63, 3.8) is 0 Å². The van der Waals surface area contributed by atoms with Gasteiger partial charge in [-0.3, -0.25) is 0 Å². The molecule has 0 bridgehead atoms. The Morgan fingerprint density at radius 3 is 2.42 bits per heavy atom. The molecule has 0 aromatic heterocycles. The molecule has 0 fully saturated rings. The third kappa shape index (κ3) is 4.54. The highest BCUT2D eigenvalue weighted by Crippen LogP contribution is 2.34. The molecule has 1 atom stereocenters. The molecule has 0 saturated carbocycles. The van der Waals surface area contributed by atoms with Crippen LogP contribution in [0, 0.1) is 0 Å². The highest BCUT2D eigenvalue weighted by atomic mass is 79.9. The van der Waals surface area contributed by atoms with Crippen molar-refractivity contribution < 1.29 is 23.1 Å². The van der Waals surface area contributed by atoms with E-state index in [0.717, 1.165) is 21.3 Å². The number of fused-ring (bicyclic) bond motifs is 1. The molecular formula is C17H15BrF3N3O2. The summed E-state index contributed by atoms with van der Waals surface area (Å²) in [6.07, 6.45) is -5.08. The smallest absolute Gasteiger partial charge is 0.475 e. The van der Waals surface area contributed by atoms with Gasteiger partial charge in [0.2, 0.25) is 0 Å². The van der Waals surface area contributed by atoms with Gasteiger partial charge in [-0.05, 0) is 31.2 Å². The second kappa shape index (κ2) is 7.36. The number of rotatable bonds is 1. The monoisotopic (exact) mass is 429 g/mol. The summed E-state index contributed by atoms with van der Waals surface area (Å²) in [6.45, 7) is 2.03. The third-order valence-corrected chi connectivity index (χ3v) is 4.05. The number of hydrogen-bond acceptors (Lipinski definition) is 4. The van der Waals surface area contributed by atoms with Gasteiger partial charge in [0.25, 0.3) is 0 Å². The molecule has 2 aromatic rings. The van der Waals surface area contributed by atoms with E-state index < -0.39 is 17.8 Å². The van der Waals surface area contributed by atoms with Gasteiger partial charge in [-0.15, -0.1) is 0 Å². The van der Waals surface area contributed by atoms with Gasteiger partial charge in [-0.25, -0.2) is 9.79 Å². The molecule has 0 spiro atoms. The summed E-state index contributed by atoms with van der Waals surface area (Å²) in [4.78, 5) is 13.5. The fourth-order valence-electron chi connectivity index (χ4n) is 2.33. The minimum atomic E-state index is -5.08. The van der Waals surface area contributed by atoms with Crippen LogP contribution in [0.5, 0.6) is 0 Å². The predicted octanol–water partition coefficient (Wildman–Crippen LogP) is 4.09. The van der Waals surface area contributed by atoms with E-state index in [9.17, 15) is 13.2 Å². The van der Waals surface area contributed by atoms with Gasteiger partial charge in [-0.2, -0.15) is 13.2 Å². The molecular weight excluding hydrogens is 415 g/mol. The minimum Gasteiger partial charge on any atom is -0.475 e. The lowest BCUT2D eigenvalue weighted by Crippen LogP contribution is -2.37. The predicted molar refractivity (Wildman–Crippen MR) is 96.0 cm³/mol. The van der Waals surface area contributed by atoms with E-state index in [2.05, 4.69) is 32.3 Å². The molecule has 3 rings (SSSR count). The van der Waals surface area contributed by atoms with Crippen LogP contribution in [-0.2, 0) is 10.5 Å². The fraction of sp³-hybridized carbons (Fsp3) is 0.176. The molecule has 1 heterocycles. The maximum atomic E-state index is 10.6. The first-order chi connectivity index (χ1) is 12.0. The van der Waals surface area contributed by atoms with E-state index in [1.807, 2.05) is 49.4 Å². The molecule has 4 N–H and O–H groups in total. The van der Waals surface area contributed by atoms with Crippen LogP contribution in [0.25, 0.3) is 0 Å². The zero-order chi connectivity index (χ0) is 19.5. The van der Waals surface area contributed by atoms with Crippen molar-refractivity contribution in [2.75, 3.05) is 5.32 Å². The molecule has 0 radical (unpaired) electrons. The Hall–Kier alpha value is -2.55. The molecule has 0 saturated heterocycles. The fourth-order valence-corrected chi connectivity index (χ4v) is 2.73. The number of nitrogens with one attached hydrogen (secondary N) is 1. The SMILES string of the molecule is CC1(c2cccc(Br)c2)N=C(N)c2ccccc2N1.O=C(O)C(F)(F)F. The molecule has 1 unspecified atom stereocenters. The summed E-state index contributed by atoms with van der Waals surface area (Å²) in [5, 5.41) is 10.6. The summed E-state index contributed by atoms with van der Waals surface area (Å²) in [5.74, 6) is -2.19. The minimum absolute atomic E-state index is 0.539. The number of carbonyl (C=O) groups is 1. The number of nitrogens with zero attached hydrogens (tertiary/aromatic N) is 1. The molecule has 1 aliphatic rings. The number of halogens is 4. The zero-order valence-corrected chi connectivity index (χ0v) is 15.1. The van der Waals surface area contributed by atoms with Gasteiger partial charge in [-0.1, -0.05) is 40.2 Å². The van der Waals surface area contributed by atoms with Crippen LogP contribution in [0.4, 0.5) is 18.9 Å². The van der Waals surface area contributed by atoms with Crippen LogP contribution in [0.1, 0.15) is 18.1 Å². The second-order valence-electron chi connectivity index (χ2n) is 5.55. The quantitative estimate of drug-likeness (QED) is 0.636. The van der Waals surface area contributed by atoms with E-state index >= 15 is 0 Å². The number of para-hydroxylation sites is 1. The first-order valence-corrected chi connectivity index (χ1v) is 8.11. The Morgan fingerprint density at radius 1 is 1.23 bits per heavy atom. The number of anilines is 1. The van der Waals surface area contributed by atoms with E-state index in [1.165, 1.54) is 0 Å². The lowest BCUT2D eigenvalue weighted by molar-refractivity contribution is -0.192. The molecule has 2 aromatic carbocycles. The van der Waals surface area contributed by atoms with Gasteiger partial charge >= 0.3 is 12.1 Å². The van der Waals surface area contributed by atoms with Crippen molar-refractivity contribution in [3.8, 4) is 0 Å². The third-order valence-electron chi connectivity index (χ3n) is 3.55. The van der Waals surface area contributed by atoms with Gasteiger partial charge in [0.1, 0.15) is 5.84 Å². The molecule has 138 valence electrons. The van der Waals surface area contributed by atoms with E-state index in [1.54, 1.807) is 0 Å². The molecule has 0 amide bonds. The Labute approximate surface area is 155 Å². The molecule has 1 aliphatic heterocycles. The number of alkyl halides is 3. The highest BCUT2D eigenvalue weighted by Gasteiger charge is 2.38. The maximum absolute atomic E-state index is 10.6. The van der Waals surface area contributed by atoms with Gasteiger partial charge < -0.3 is 16.2 Å². The van der Waals surface area contributed by atoms with Crippen molar-refractivity contribution in [2.45, 2.75) is 18.8 Å². The molecule has 5 nitrogen and oxygen atoms in total. The van der Waals surface area contributed by atoms with Gasteiger partial charge in [0, 0.05) is 21.3 Å². The summed E-state index contributed by atoms with van der Waals surface area (Å²) >= 11 is 3.49. The van der Waals surface area contributed by atoms with Gasteiger partial charge in [0.15, 0.2) is 5.66 Å². The first-order valence-electron chi connectivity index (χ1n) is 7.32. The van der Waals surface area contributed by atoms with Crippen molar-refractivity contribution >= 4 is 33.4 Å². The summed E-state index contributed by atoms with van der Waals surface area (Å²) < 4.78 is 32.8. The number of carboxylic acids is 1. The number of hydrogen-bond donors (Lipinski definition) is 3. The van der Waals surface area contributed by atoms with Crippen LogP contribution in [0.3, 0.4) is 0 Å². The average molecular weight is 430 g/mol. The number of benzene rings is 2. The van der Waals surface area contributed by atoms with Crippen LogP contribution >= 0.6 is 15.9 Å². The number of aliphatic imine (C=N–C) groups is 1. The topological polar surface area (TPSA) is 87.7 Å². The summed E-state index contributed by atoms with van der Waals surface area (Å²) in [5.41, 5.74) is 8.59. The highest BCUT2D eigenvalue weighted by molar-refractivity contribution is 9.10. The molecule has 26 heavy (non-hydrogen) atoms. The Morgan fingerprint density at radius 2 is 1.85 bits per heavy atom. The van der Waals surface area contributed by atoms with Crippen molar-refractivity contribution in [1.82, 2.24) is 0 Å². The van der Waals surface area contributed by atoms with E-state index in [-0.39, 0.29) is 0 Å². The summed E-state index contributed by atoms with van der Waals surface area (Å²) in [7, 11) is 0. The van der Waals surface area contributed by atoms with Crippen LogP contribution in [-0.4, -0.2) is 23.1 Å². The lowest BCUT2D eigenvalue weighted by Gasteiger charge is -2.33. The number of carboxylic acid groups (broad SMARTS) is 1. The Bertz CT molecular complexity index is 855. The van der Waals surface area contributed by atoms with E-state index in [4.69, 9.17) is 15.6 Å². The van der Waals surface area contributed by atoms with Crippen molar-refractivity contribution in [3.05, 3.63) is 64.1 Å². The Balaban J connectivity index is 0.000000298. The first kappa shape index (κ1) is 19.8. The zero-order valence-electron chi connectivity index (χ0n) is 13.5.